The molecule has 1 aromatic carbocycles. The van der Waals surface area contributed by atoms with Gasteiger partial charge in [-0.3, -0.25) is 0 Å². The quantitative estimate of drug-likeness (QED) is 0.804. The molecule has 0 saturated carbocycles. The summed E-state index contributed by atoms with van der Waals surface area (Å²) in [6.07, 6.45) is -0.494. The molecule has 19 heavy (non-hydrogen) atoms. The van der Waals surface area contributed by atoms with E-state index in [1.807, 2.05) is 0 Å². The third-order valence-corrected chi connectivity index (χ3v) is 3.33. The van der Waals surface area contributed by atoms with Gasteiger partial charge in [0.05, 0.1) is 18.4 Å². The fourth-order valence-electron chi connectivity index (χ4n) is 1.86. The van der Waals surface area contributed by atoms with Gasteiger partial charge in [0.1, 0.15) is 0 Å². The largest absolute Gasteiger partial charge is 0.389 e. The molecular formula is C15H24BrNO2. The van der Waals surface area contributed by atoms with Crippen molar-refractivity contribution in [2.45, 2.75) is 33.8 Å². The monoisotopic (exact) mass is 329 g/mol. The van der Waals surface area contributed by atoms with E-state index in [1.165, 1.54) is 11.1 Å². The number of aliphatic hydroxyl groups is 1. The van der Waals surface area contributed by atoms with Crippen molar-refractivity contribution in [2.75, 3.05) is 25.1 Å². The van der Waals surface area contributed by atoms with Crippen molar-refractivity contribution in [3.63, 3.8) is 0 Å². The number of aliphatic hydroxyl groups excluding tert-OH is 1. The molecular weight excluding hydrogens is 306 g/mol. The molecule has 2 N–H and O–H groups in total. The first-order valence-electron chi connectivity index (χ1n) is 6.66. The fraction of sp³-hybridized carbons (Fsp3) is 0.600. The van der Waals surface area contributed by atoms with Gasteiger partial charge in [-0.25, -0.2) is 0 Å². The second kappa shape index (κ2) is 7.88. The standard InChI is InChI=1S/C15H24BrNO2/c1-10(2)8-19-9-13(18)7-17-15-12(4)5-11(3)6-14(15)16/h5-6,10,13,17-18H,7-9H2,1-4H3. The summed E-state index contributed by atoms with van der Waals surface area (Å²) in [5.41, 5.74) is 3.42. The predicted octanol–water partition coefficient (Wildman–Crippen LogP) is 3.51. The average Bonchev–Trinajstić information content (AvgIpc) is 2.26. The lowest BCUT2D eigenvalue weighted by Gasteiger charge is -2.17. The van der Waals surface area contributed by atoms with Gasteiger partial charge in [0.25, 0.3) is 0 Å². The summed E-state index contributed by atoms with van der Waals surface area (Å²) in [6, 6.07) is 4.19. The number of anilines is 1. The highest BCUT2D eigenvalue weighted by Gasteiger charge is 2.08. The highest BCUT2D eigenvalue weighted by atomic mass is 79.9. The van der Waals surface area contributed by atoms with Crippen LogP contribution in [0.5, 0.6) is 0 Å². The first kappa shape index (κ1) is 16.5. The van der Waals surface area contributed by atoms with Gasteiger partial charge in [-0.05, 0) is 52.9 Å². The number of aryl methyl sites for hydroxylation is 2. The molecule has 0 saturated heterocycles. The van der Waals surface area contributed by atoms with Crippen LogP contribution in [0.1, 0.15) is 25.0 Å². The van der Waals surface area contributed by atoms with Crippen molar-refractivity contribution in [3.05, 3.63) is 27.7 Å². The molecule has 0 aliphatic heterocycles. The van der Waals surface area contributed by atoms with Crippen molar-refractivity contribution in [1.29, 1.82) is 0 Å². The van der Waals surface area contributed by atoms with Crippen molar-refractivity contribution >= 4 is 21.6 Å². The molecule has 0 bridgehead atoms. The Balaban J connectivity index is 2.44. The molecule has 4 heteroatoms. The topological polar surface area (TPSA) is 41.5 Å². The van der Waals surface area contributed by atoms with E-state index in [0.29, 0.717) is 25.7 Å². The first-order valence-corrected chi connectivity index (χ1v) is 7.46. The summed E-state index contributed by atoms with van der Waals surface area (Å²) < 4.78 is 6.45. The summed E-state index contributed by atoms with van der Waals surface area (Å²) in [4.78, 5) is 0. The highest BCUT2D eigenvalue weighted by Crippen LogP contribution is 2.27. The number of halogens is 1. The Labute approximate surface area is 124 Å². The van der Waals surface area contributed by atoms with Crippen LogP contribution in [0.2, 0.25) is 0 Å². The molecule has 1 aromatic rings. The zero-order valence-corrected chi connectivity index (χ0v) is 13.8. The van der Waals surface area contributed by atoms with E-state index in [9.17, 15) is 5.11 Å². The summed E-state index contributed by atoms with van der Waals surface area (Å²) in [5.74, 6) is 0.494. The van der Waals surface area contributed by atoms with E-state index < -0.39 is 6.10 Å². The van der Waals surface area contributed by atoms with Gasteiger partial charge in [-0.1, -0.05) is 19.9 Å². The van der Waals surface area contributed by atoms with Gasteiger partial charge in [0, 0.05) is 17.6 Å². The van der Waals surface area contributed by atoms with Gasteiger partial charge >= 0.3 is 0 Å². The molecule has 1 atom stereocenters. The van der Waals surface area contributed by atoms with E-state index in [0.717, 1.165) is 10.2 Å². The molecule has 0 amide bonds. The molecule has 0 aromatic heterocycles. The third kappa shape index (κ3) is 5.93. The van der Waals surface area contributed by atoms with Crippen LogP contribution >= 0.6 is 15.9 Å². The zero-order chi connectivity index (χ0) is 14.4. The minimum atomic E-state index is -0.494. The maximum absolute atomic E-state index is 9.86. The van der Waals surface area contributed by atoms with E-state index in [2.05, 4.69) is 61.1 Å². The minimum Gasteiger partial charge on any atom is -0.389 e. The van der Waals surface area contributed by atoms with Crippen LogP contribution in [0, 0.1) is 19.8 Å². The van der Waals surface area contributed by atoms with Crippen molar-refractivity contribution in [2.24, 2.45) is 5.92 Å². The number of benzene rings is 1. The van der Waals surface area contributed by atoms with Crippen LogP contribution in [0.15, 0.2) is 16.6 Å². The molecule has 3 nitrogen and oxygen atoms in total. The fourth-order valence-corrected chi connectivity index (χ4v) is 2.67. The van der Waals surface area contributed by atoms with Crippen LogP contribution < -0.4 is 5.32 Å². The van der Waals surface area contributed by atoms with Crippen LogP contribution in [-0.4, -0.2) is 31.0 Å². The van der Waals surface area contributed by atoms with Crippen molar-refractivity contribution in [3.8, 4) is 0 Å². The van der Waals surface area contributed by atoms with Crippen LogP contribution in [-0.2, 0) is 4.74 Å². The van der Waals surface area contributed by atoms with E-state index in [-0.39, 0.29) is 0 Å². The molecule has 0 heterocycles. The summed E-state index contributed by atoms with van der Waals surface area (Å²) in [5, 5.41) is 13.1. The van der Waals surface area contributed by atoms with Crippen LogP contribution in [0.25, 0.3) is 0 Å². The van der Waals surface area contributed by atoms with Crippen molar-refractivity contribution < 1.29 is 9.84 Å². The normalized spacial score (nSPS) is 12.8. The Bertz CT molecular complexity index is 384. The zero-order valence-electron chi connectivity index (χ0n) is 12.2. The molecule has 1 unspecified atom stereocenters. The Morgan fingerprint density at radius 2 is 1.95 bits per heavy atom. The summed E-state index contributed by atoms with van der Waals surface area (Å²) >= 11 is 3.54. The van der Waals surface area contributed by atoms with Gasteiger partial charge in [-0.2, -0.15) is 0 Å². The highest BCUT2D eigenvalue weighted by molar-refractivity contribution is 9.10. The Morgan fingerprint density at radius 3 is 2.53 bits per heavy atom. The lowest BCUT2D eigenvalue weighted by atomic mass is 10.1. The van der Waals surface area contributed by atoms with Crippen molar-refractivity contribution in [1.82, 2.24) is 0 Å². The first-order chi connectivity index (χ1) is 8.90. The van der Waals surface area contributed by atoms with E-state index >= 15 is 0 Å². The van der Waals surface area contributed by atoms with Gasteiger partial charge in [0.2, 0.25) is 0 Å². The smallest absolute Gasteiger partial charge is 0.0945 e. The van der Waals surface area contributed by atoms with Crippen LogP contribution in [0.4, 0.5) is 5.69 Å². The Hall–Kier alpha value is -0.580. The SMILES string of the molecule is Cc1cc(C)c(NCC(O)COCC(C)C)c(Br)c1. The summed E-state index contributed by atoms with van der Waals surface area (Å²) in [7, 11) is 0. The summed E-state index contributed by atoms with van der Waals surface area (Å²) in [6.45, 7) is 9.85. The molecule has 0 spiro atoms. The average molecular weight is 330 g/mol. The third-order valence-electron chi connectivity index (χ3n) is 2.71. The maximum atomic E-state index is 9.86. The van der Waals surface area contributed by atoms with E-state index in [1.54, 1.807) is 0 Å². The van der Waals surface area contributed by atoms with E-state index in [4.69, 9.17) is 4.74 Å². The number of nitrogens with one attached hydrogen (secondary N) is 1. The second-order valence-corrected chi connectivity index (χ2v) is 6.26. The molecule has 0 radical (unpaired) electrons. The number of hydrogen-bond donors (Lipinski definition) is 2. The molecule has 0 fully saturated rings. The lowest BCUT2D eigenvalue weighted by Crippen LogP contribution is -2.26. The molecule has 0 aliphatic rings. The Kier molecular flexibility index (Phi) is 6.83. The van der Waals surface area contributed by atoms with Gasteiger partial charge in [-0.15, -0.1) is 0 Å². The number of rotatable bonds is 7. The molecule has 1 rings (SSSR count). The number of hydrogen-bond acceptors (Lipinski definition) is 3. The van der Waals surface area contributed by atoms with Gasteiger partial charge in [0.15, 0.2) is 0 Å². The van der Waals surface area contributed by atoms with Crippen LogP contribution in [0.3, 0.4) is 0 Å². The predicted molar refractivity (Wildman–Crippen MR) is 83.8 cm³/mol. The number of ether oxygens (including phenoxy) is 1. The van der Waals surface area contributed by atoms with Gasteiger partial charge < -0.3 is 15.2 Å². The molecule has 108 valence electrons. The molecule has 0 aliphatic carbocycles. The second-order valence-electron chi connectivity index (χ2n) is 5.40. The minimum absolute atomic E-state index is 0.369. The Morgan fingerprint density at radius 1 is 1.26 bits per heavy atom. The lowest BCUT2D eigenvalue weighted by molar-refractivity contribution is 0.0318. The maximum Gasteiger partial charge on any atom is 0.0945 e.